The molecule has 0 bridgehead atoms. The molecule has 0 atom stereocenters. The molecule has 0 saturated heterocycles. The van der Waals surface area contributed by atoms with Gasteiger partial charge in [0.2, 0.25) is 0 Å². The van der Waals surface area contributed by atoms with Gasteiger partial charge in [-0.05, 0) is 13.3 Å². The molecule has 23 heavy (non-hydrogen) atoms. The fraction of sp³-hybridized carbons (Fsp3) is 0.818. The van der Waals surface area contributed by atoms with Crippen molar-refractivity contribution in [1.82, 2.24) is 0 Å². The molecule has 0 radical (unpaired) electrons. The second-order valence-corrected chi connectivity index (χ2v) is 6.44. The van der Waals surface area contributed by atoms with Crippen molar-refractivity contribution in [3.05, 3.63) is 0 Å². The highest BCUT2D eigenvalue weighted by Gasteiger charge is 2.45. The van der Waals surface area contributed by atoms with Crippen LogP contribution in [0.1, 0.15) is 19.8 Å². The number of hydrogen-bond donors (Lipinski definition) is 3. The van der Waals surface area contributed by atoms with E-state index in [4.69, 9.17) is 14.8 Å². The molecular formula is C11H18F2O9S. The Morgan fingerprint density at radius 3 is 2.09 bits per heavy atom. The first-order valence-corrected chi connectivity index (χ1v) is 7.73. The van der Waals surface area contributed by atoms with Crippen LogP contribution >= 0.6 is 0 Å². The van der Waals surface area contributed by atoms with Crippen molar-refractivity contribution in [1.29, 1.82) is 0 Å². The molecule has 0 fully saturated rings. The lowest BCUT2D eigenvalue weighted by Gasteiger charge is -2.22. The lowest BCUT2D eigenvalue weighted by molar-refractivity contribution is -0.161. The van der Waals surface area contributed by atoms with Crippen LogP contribution in [0.3, 0.4) is 0 Å². The maximum atomic E-state index is 12.8. The largest absolute Gasteiger partial charge is 0.465 e. The highest BCUT2D eigenvalue weighted by molar-refractivity contribution is 7.86. The van der Waals surface area contributed by atoms with Crippen LogP contribution in [0, 0.1) is 5.41 Å². The molecule has 0 heterocycles. The van der Waals surface area contributed by atoms with E-state index in [1.165, 1.54) is 6.92 Å². The highest BCUT2D eigenvalue weighted by atomic mass is 32.2. The average Bonchev–Trinajstić information content (AvgIpc) is 2.47. The monoisotopic (exact) mass is 364 g/mol. The summed E-state index contributed by atoms with van der Waals surface area (Å²) in [4.78, 5) is 22.6. The number of aliphatic hydroxyl groups excluding tert-OH is 2. The second-order valence-electron chi connectivity index (χ2n) is 4.89. The fourth-order valence-corrected chi connectivity index (χ4v) is 1.25. The minimum atomic E-state index is -5.68. The molecule has 0 unspecified atom stereocenters. The summed E-state index contributed by atoms with van der Waals surface area (Å²) in [5.41, 5.74) is -1.50. The van der Waals surface area contributed by atoms with Crippen molar-refractivity contribution in [2.75, 3.05) is 26.4 Å². The van der Waals surface area contributed by atoms with Gasteiger partial charge in [-0.1, -0.05) is 0 Å². The van der Waals surface area contributed by atoms with Crippen LogP contribution < -0.4 is 0 Å². The Balaban J connectivity index is 4.13. The lowest BCUT2D eigenvalue weighted by atomic mass is 9.93. The molecule has 0 aliphatic heterocycles. The van der Waals surface area contributed by atoms with Gasteiger partial charge in [0.25, 0.3) is 0 Å². The average molecular weight is 364 g/mol. The zero-order chi connectivity index (χ0) is 18.3. The molecule has 0 aliphatic rings. The molecule has 3 N–H and O–H groups in total. The van der Waals surface area contributed by atoms with Crippen molar-refractivity contribution >= 4 is 22.1 Å². The summed E-state index contributed by atoms with van der Waals surface area (Å²) in [6.07, 6.45) is -0.571. The Kier molecular flexibility index (Phi) is 7.97. The fourth-order valence-electron chi connectivity index (χ4n) is 1.05. The first-order chi connectivity index (χ1) is 10.4. The minimum Gasteiger partial charge on any atom is -0.465 e. The van der Waals surface area contributed by atoms with Crippen molar-refractivity contribution in [2.24, 2.45) is 5.41 Å². The van der Waals surface area contributed by atoms with Crippen molar-refractivity contribution < 1.29 is 51.0 Å². The van der Waals surface area contributed by atoms with E-state index in [1.807, 2.05) is 0 Å². The van der Waals surface area contributed by atoms with E-state index in [2.05, 4.69) is 9.47 Å². The van der Waals surface area contributed by atoms with Crippen LogP contribution in [0.4, 0.5) is 8.78 Å². The normalized spacial score (nSPS) is 12.8. The Labute approximate surface area is 130 Å². The zero-order valence-corrected chi connectivity index (χ0v) is 13.0. The molecule has 0 spiro atoms. The summed E-state index contributed by atoms with van der Waals surface area (Å²) < 4.78 is 62.9. The Morgan fingerprint density at radius 1 is 1.13 bits per heavy atom. The van der Waals surface area contributed by atoms with E-state index in [1.54, 1.807) is 0 Å². The number of carbonyl (C=O) groups is 2. The van der Waals surface area contributed by atoms with Crippen molar-refractivity contribution in [3.63, 3.8) is 0 Å². The van der Waals surface area contributed by atoms with Crippen LogP contribution in [-0.2, 0) is 29.2 Å². The molecule has 9 nitrogen and oxygen atoms in total. The van der Waals surface area contributed by atoms with Gasteiger partial charge in [-0.25, -0.2) is 0 Å². The van der Waals surface area contributed by atoms with Gasteiger partial charge in [0.1, 0.15) is 5.41 Å². The Bertz CT molecular complexity index is 514. The quantitative estimate of drug-likeness (QED) is 0.261. The number of rotatable bonds is 10. The molecule has 136 valence electrons. The van der Waals surface area contributed by atoms with Crippen molar-refractivity contribution in [2.45, 2.75) is 25.0 Å². The van der Waals surface area contributed by atoms with Gasteiger partial charge in [-0.15, -0.1) is 0 Å². The number of hydrogen-bond acceptors (Lipinski definition) is 8. The number of aliphatic hydroxyl groups is 2. The first-order valence-electron chi connectivity index (χ1n) is 6.29. The second kappa shape index (κ2) is 8.47. The molecule has 0 aromatic carbocycles. The van der Waals surface area contributed by atoms with E-state index in [-0.39, 0.29) is 13.0 Å². The van der Waals surface area contributed by atoms with E-state index in [0.29, 0.717) is 0 Å². The van der Waals surface area contributed by atoms with Gasteiger partial charge in [-0.3, -0.25) is 14.1 Å². The van der Waals surface area contributed by atoms with Crippen molar-refractivity contribution in [3.8, 4) is 0 Å². The summed E-state index contributed by atoms with van der Waals surface area (Å²) in [6, 6.07) is 0. The van der Waals surface area contributed by atoms with Crippen LogP contribution in [0.5, 0.6) is 0 Å². The molecule has 0 rings (SSSR count). The first kappa shape index (κ1) is 21.6. The van der Waals surface area contributed by atoms with Crippen LogP contribution in [0.15, 0.2) is 0 Å². The Hall–Kier alpha value is -1.37. The molecule has 0 aromatic rings. The predicted octanol–water partition coefficient (Wildman–Crippen LogP) is -0.676. The maximum Gasteiger partial charge on any atom is 0.402 e. The molecule has 0 aromatic heterocycles. The van der Waals surface area contributed by atoms with Gasteiger partial charge < -0.3 is 19.7 Å². The van der Waals surface area contributed by atoms with Crippen LogP contribution in [0.25, 0.3) is 0 Å². The molecule has 0 aliphatic carbocycles. The molecule has 0 saturated carbocycles. The molecule has 0 amide bonds. The highest BCUT2D eigenvalue weighted by Crippen LogP contribution is 2.21. The number of carbonyl (C=O) groups excluding carboxylic acids is 2. The zero-order valence-electron chi connectivity index (χ0n) is 12.2. The third-order valence-corrected chi connectivity index (χ3v) is 3.60. The maximum absolute atomic E-state index is 12.8. The smallest absolute Gasteiger partial charge is 0.402 e. The van der Waals surface area contributed by atoms with Gasteiger partial charge in [0, 0.05) is 6.42 Å². The van der Waals surface area contributed by atoms with E-state index < -0.39 is 59.0 Å². The van der Waals surface area contributed by atoms with Crippen LogP contribution in [0.2, 0.25) is 0 Å². The lowest BCUT2D eigenvalue weighted by Crippen LogP contribution is -2.37. The molecule has 12 heteroatoms. The number of halogens is 2. The predicted molar refractivity (Wildman–Crippen MR) is 69.9 cm³/mol. The summed E-state index contributed by atoms with van der Waals surface area (Å²) >= 11 is 0. The minimum absolute atomic E-state index is 0.116. The third-order valence-electron chi connectivity index (χ3n) is 2.73. The number of alkyl halides is 2. The van der Waals surface area contributed by atoms with E-state index in [9.17, 15) is 26.8 Å². The molecular weight excluding hydrogens is 346 g/mol. The SMILES string of the molecule is CC(CO)(CO)C(=O)OCCCC(=O)OCC(F)(F)S(=O)(=O)O. The summed E-state index contributed by atoms with van der Waals surface area (Å²) in [5.74, 6) is -2.09. The van der Waals surface area contributed by atoms with E-state index in [0.717, 1.165) is 0 Å². The van der Waals surface area contributed by atoms with Gasteiger partial charge in [0.15, 0.2) is 6.61 Å². The van der Waals surface area contributed by atoms with Crippen LogP contribution in [-0.4, -0.2) is 66.8 Å². The van der Waals surface area contributed by atoms with Gasteiger partial charge in [-0.2, -0.15) is 17.2 Å². The Morgan fingerprint density at radius 2 is 1.65 bits per heavy atom. The topological polar surface area (TPSA) is 147 Å². The summed E-state index contributed by atoms with van der Waals surface area (Å²) in [7, 11) is -5.68. The number of ether oxygens (including phenoxy) is 2. The van der Waals surface area contributed by atoms with E-state index >= 15 is 0 Å². The third kappa shape index (κ3) is 6.72. The number of esters is 2. The summed E-state index contributed by atoms with van der Waals surface area (Å²) in [5, 5.41) is 13.3. The standard InChI is InChI=1S/C11H18F2O9S/c1-10(5-14,6-15)9(17)21-4-2-3-8(16)22-7-11(12,13)23(18,19)20/h14-15H,2-7H2,1H3,(H,18,19,20). The summed E-state index contributed by atoms with van der Waals surface area (Å²) in [6.45, 7) is -2.21. The van der Waals surface area contributed by atoms with Gasteiger partial charge >= 0.3 is 27.3 Å². The van der Waals surface area contributed by atoms with Gasteiger partial charge in [0.05, 0.1) is 19.8 Å².